The van der Waals surface area contributed by atoms with E-state index in [9.17, 15) is 14.0 Å². The van der Waals surface area contributed by atoms with Gasteiger partial charge in [-0.15, -0.1) is 0 Å². The number of hydrogen-bond donors (Lipinski definition) is 1. The number of hydrogen-bond acceptors (Lipinski definition) is 2. The molecule has 0 radical (unpaired) electrons. The molecule has 3 aromatic carbocycles. The van der Waals surface area contributed by atoms with Gasteiger partial charge >= 0.3 is 0 Å². The second-order valence-corrected chi connectivity index (χ2v) is 8.05. The predicted molar refractivity (Wildman–Crippen MR) is 119 cm³/mol. The normalized spacial score (nSPS) is 18.1. The molecule has 4 nitrogen and oxygen atoms in total. The van der Waals surface area contributed by atoms with Crippen LogP contribution < -0.4 is 5.32 Å². The zero-order valence-electron chi connectivity index (χ0n) is 17.5. The Labute approximate surface area is 181 Å². The molecule has 0 aliphatic carbocycles. The molecule has 5 heteroatoms. The van der Waals surface area contributed by atoms with E-state index in [0.29, 0.717) is 31.5 Å². The lowest BCUT2D eigenvalue weighted by Gasteiger charge is -2.28. The van der Waals surface area contributed by atoms with Crippen molar-refractivity contribution in [1.82, 2.24) is 10.2 Å². The van der Waals surface area contributed by atoms with Crippen LogP contribution in [0.15, 0.2) is 78.9 Å². The maximum absolute atomic E-state index is 13.6. The number of benzene rings is 3. The van der Waals surface area contributed by atoms with Crippen molar-refractivity contribution >= 4 is 11.8 Å². The Morgan fingerprint density at radius 2 is 1.74 bits per heavy atom. The summed E-state index contributed by atoms with van der Waals surface area (Å²) in [5.41, 5.74) is 2.81. The summed E-state index contributed by atoms with van der Waals surface area (Å²) >= 11 is 0. The molecule has 0 unspecified atom stereocenters. The van der Waals surface area contributed by atoms with Gasteiger partial charge in [0, 0.05) is 25.7 Å². The van der Waals surface area contributed by atoms with Crippen LogP contribution in [0.3, 0.4) is 0 Å². The van der Waals surface area contributed by atoms with Crippen LogP contribution in [0.5, 0.6) is 0 Å². The van der Waals surface area contributed by atoms with Crippen molar-refractivity contribution < 1.29 is 14.0 Å². The van der Waals surface area contributed by atoms with Crippen molar-refractivity contribution in [2.24, 2.45) is 5.41 Å². The van der Waals surface area contributed by atoms with Crippen molar-refractivity contribution in [2.75, 3.05) is 20.1 Å². The average Bonchev–Trinajstić information content (AvgIpc) is 3.24. The van der Waals surface area contributed by atoms with Crippen molar-refractivity contribution in [3.63, 3.8) is 0 Å². The SMILES string of the molecule is CNC(=O)[C@]1(Cc2ccccc2-c2ccccc2)CCN(C(=O)c2cccc(F)c2)C1. The fourth-order valence-corrected chi connectivity index (χ4v) is 4.46. The van der Waals surface area contributed by atoms with Crippen molar-refractivity contribution in [2.45, 2.75) is 12.8 Å². The number of carbonyl (C=O) groups is 2. The summed E-state index contributed by atoms with van der Waals surface area (Å²) < 4.78 is 13.6. The fourth-order valence-electron chi connectivity index (χ4n) is 4.46. The van der Waals surface area contributed by atoms with Gasteiger partial charge in [0.05, 0.1) is 5.41 Å². The first-order valence-electron chi connectivity index (χ1n) is 10.4. The second kappa shape index (κ2) is 8.72. The van der Waals surface area contributed by atoms with E-state index in [1.807, 2.05) is 36.4 Å². The van der Waals surface area contributed by atoms with E-state index in [0.717, 1.165) is 16.7 Å². The Morgan fingerprint density at radius 1 is 1.00 bits per heavy atom. The van der Waals surface area contributed by atoms with Crippen LogP contribution in [-0.2, 0) is 11.2 Å². The molecule has 0 aromatic heterocycles. The van der Waals surface area contributed by atoms with E-state index in [4.69, 9.17) is 0 Å². The molecule has 1 atom stereocenters. The lowest BCUT2D eigenvalue weighted by molar-refractivity contribution is -0.129. The summed E-state index contributed by atoms with van der Waals surface area (Å²) in [4.78, 5) is 27.7. The molecular formula is C26H25FN2O2. The highest BCUT2D eigenvalue weighted by molar-refractivity contribution is 5.95. The van der Waals surface area contributed by atoms with E-state index >= 15 is 0 Å². The Hall–Kier alpha value is -3.47. The molecule has 4 rings (SSSR count). The van der Waals surface area contributed by atoms with Gasteiger partial charge in [0.15, 0.2) is 0 Å². The van der Waals surface area contributed by atoms with Crippen LogP contribution in [0.4, 0.5) is 4.39 Å². The smallest absolute Gasteiger partial charge is 0.253 e. The lowest BCUT2D eigenvalue weighted by atomic mass is 9.78. The maximum atomic E-state index is 13.6. The molecule has 1 aliphatic heterocycles. The third-order valence-electron chi connectivity index (χ3n) is 6.05. The number of likely N-dealkylation sites (tertiary alicyclic amines) is 1. The van der Waals surface area contributed by atoms with Gasteiger partial charge in [-0.2, -0.15) is 0 Å². The molecule has 1 aliphatic rings. The highest BCUT2D eigenvalue weighted by atomic mass is 19.1. The lowest BCUT2D eigenvalue weighted by Crippen LogP contribution is -2.44. The van der Waals surface area contributed by atoms with Gasteiger partial charge in [-0.3, -0.25) is 9.59 Å². The quantitative estimate of drug-likeness (QED) is 0.674. The summed E-state index contributed by atoms with van der Waals surface area (Å²) in [5, 5.41) is 2.80. The number of amides is 2. The van der Waals surface area contributed by atoms with Crippen LogP contribution in [0, 0.1) is 11.2 Å². The molecule has 1 fully saturated rings. The largest absolute Gasteiger partial charge is 0.359 e. The monoisotopic (exact) mass is 416 g/mol. The molecule has 0 spiro atoms. The minimum Gasteiger partial charge on any atom is -0.359 e. The molecule has 31 heavy (non-hydrogen) atoms. The molecule has 1 N–H and O–H groups in total. The number of carbonyl (C=O) groups excluding carboxylic acids is 2. The minimum atomic E-state index is -0.734. The Balaban J connectivity index is 1.64. The molecule has 158 valence electrons. The number of nitrogens with zero attached hydrogens (tertiary/aromatic N) is 1. The van der Waals surface area contributed by atoms with Gasteiger partial charge in [-0.25, -0.2) is 4.39 Å². The zero-order valence-corrected chi connectivity index (χ0v) is 17.5. The molecule has 2 amide bonds. The number of nitrogens with one attached hydrogen (secondary N) is 1. The van der Waals surface area contributed by atoms with E-state index in [-0.39, 0.29) is 11.8 Å². The van der Waals surface area contributed by atoms with Crippen LogP contribution in [-0.4, -0.2) is 36.9 Å². The second-order valence-electron chi connectivity index (χ2n) is 8.05. The average molecular weight is 416 g/mol. The van der Waals surface area contributed by atoms with Crippen LogP contribution in [0.2, 0.25) is 0 Å². The van der Waals surface area contributed by atoms with Gasteiger partial charge in [-0.05, 0) is 47.7 Å². The minimum absolute atomic E-state index is 0.0788. The molecule has 0 bridgehead atoms. The third-order valence-corrected chi connectivity index (χ3v) is 6.05. The Kier molecular flexibility index (Phi) is 5.85. The summed E-state index contributed by atoms with van der Waals surface area (Å²) in [5.74, 6) is -0.772. The van der Waals surface area contributed by atoms with E-state index < -0.39 is 11.2 Å². The summed E-state index contributed by atoms with van der Waals surface area (Å²) in [6.07, 6.45) is 1.07. The maximum Gasteiger partial charge on any atom is 0.253 e. The van der Waals surface area contributed by atoms with Crippen molar-refractivity contribution in [3.05, 3.63) is 95.8 Å². The summed E-state index contributed by atoms with van der Waals surface area (Å²) in [6, 6.07) is 23.9. The van der Waals surface area contributed by atoms with E-state index in [1.54, 1.807) is 18.0 Å². The van der Waals surface area contributed by atoms with Crippen molar-refractivity contribution in [3.8, 4) is 11.1 Å². The zero-order chi connectivity index (χ0) is 21.8. The van der Waals surface area contributed by atoms with Gasteiger partial charge in [0.1, 0.15) is 5.82 Å². The fraction of sp³-hybridized carbons (Fsp3) is 0.231. The highest BCUT2D eigenvalue weighted by Crippen LogP contribution is 2.38. The highest BCUT2D eigenvalue weighted by Gasteiger charge is 2.46. The molecule has 0 saturated carbocycles. The summed E-state index contributed by atoms with van der Waals surface area (Å²) in [7, 11) is 1.63. The standard InChI is InChI=1S/C26H25FN2O2/c1-28-25(31)26(14-15-29(18-26)24(30)20-11-7-12-22(27)16-20)17-21-10-5-6-13-23(21)19-8-3-2-4-9-19/h2-13,16H,14-15,17-18H2,1H3,(H,28,31)/t26-/m0/s1. The molecule has 3 aromatic rings. The summed E-state index contributed by atoms with van der Waals surface area (Å²) in [6.45, 7) is 0.751. The molecule has 1 saturated heterocycles. The number of rotatable bonds is 5. The molecular weight excluding hydrogens is 391 g/mol. The Morgan fingerprint density at radius 3 is 2.48 bits per heavy atom. The van der Waals surface area contributed by atoms with Crippen molar-refractivity contribution in [1.29, 1.82) is 0 Å². The van der Waals surface area contributed by atoms with E-state index in [1.165, 1.54) is 18.2 Å². The van der Waals surface area contributed by atoms with Gasteiger partial charge < -0.3 is 10.2 Å². The van der Waals surface area contributed by atoms with E-state index in [2.05, 4.69) is 23.5 Å². The number of halogens is 1. The third kappa shape index (κ3) is 4.22. The van der Waals surface area contributed by atoms with Crippen LogP contribution >= 0.6 is 0 Å². The van der Waals surface area contributed by atoms with Gasteiger partial charge in [0.2, 0.25) is 5.91 Å². The van der Waals surface area contributed by atoms with Crippen LogP contribution in [0.25, 0.3) is 11.1 Å². The topological polar surface area (TPSA) is 49.4 Å². The first-order chi connectivity index (χ1) is 15.0. The first-order valence-corrected chi connectivity index (χ1v) is 10.4. The first kappa shape index (κ1) is 20.8. The molecule has 1 heterocycles. The van der Waals surface area contributed by atoms with Crippen LogP contribution in [0.1, 0.15) is 22.3 Å². The Bertz CT molecular complexity index is 1100. The predicted octanol–water partition coefficient (Wildman–Crippen LogP) is 4.31. The van der Waals surface area contributed by atoms with Gasteiger partial charge in [0.25, 0.3) is 5.91 Å². The van der Waals surface area contributed by atoms with Gasteiger partial charge in [-0.1, -0.05) is 60.7 Å².